The first-order valence-corrected chi connectivity index (χ1v) is 7.92. The van der Waals surface area contributed by atoms with E-state index in [4.69, 9.17) is 0 Å². The molecule has 0 aliphatic heterocycles. The van der Waals surface area contributed by atoms with Gasteiger partial charge in [-0.05, 0) is 35.7 Å². The van der Waals surface area contributed by atoms with Crippen molar-refractivity contribution in [2.45, 2.75) is 12.8 Å². The number of nitrogens with zero attached hydrogens (tertiary/aromatic N) is 3. The molecule has 6 nitrogen and oxygen atoms in total. The Hall–Kier alpha value is -2.80. The number of hydrogen-bond donors (Lipinski definition) is 1. The number of carbonyl (C=O) groups excluding carboxylic acids is 2. The quantitative estimate of drug-likeness (QED) is 0.707. The minimum Gasteiger partial charge on any atom is -0.326 e. The van der Waals surface area contributed by atoms with E-state index in [2.05, 4.69) is 15.4 Å². The number of nitrogens with one attached hydrogen (secondary N) is 1. The molecule has 1 aromatic carbocycles. The lowest BCUT2D eigenvalue weighted by atomic mass is 10.2. The van der Waals surface area contributed by atoms with Gasteiger partial charge in [0.2, 0.25) is 5.91 Å². The number of rotatable bonds is 6. The van der Waals surface area contributed by atoms with Crippen molar-refractivity contribution in [2.75, 3.05) is 5.32 Å². The van der Waals surface area contributed by atoms with E-state index in [1.54, 1.807) is 29.2 Å². The molecule has 3 aromatic rings. The van der Waals surface area contributed by atoms with Crippen LogP contribution in [-0.2, 0) is 4.79 Å². The van der Waals surface area contributed by atoms with Gasteiger partial charge in [0.15, 0.2) is 5.78 Å². The molecule has 23 heavy (non-hydrogen) atoms. The Morgan fingerprint density at radius 3 is 2.61 bits per heavy atom. The maximum atomic E-state index is 11.9. The van der Waals surface area contributed by atoms with Crippen LogP contribution in [0.2, 0.25) is 0 Å². The zero-order chi connectivity index (χ0) is 16.1. The summed E-state index contributed by atoms with van der Waals surface area (Å²) in [6, 6.07) is 10.8. The summed E-state index contributed by atoms with van der Waals surface area (Å²) >= 11 is 1.39. The smallest absolute Gasteiger partial charge is 0.224 e. The van der Waals surface area contributed by atoms with Crippen LogP contribution in [0.3, 0.4) is 0 Å². The number of hydrogen-bond acceptors (Lipinski definition) is 5. The van der Waals surface area contributed by atoms with Gasteiger partial charge in [-0.25, -0.2) is 9.67 Å². The van der Waals surface area contributed by atoms with E-state index in [1.807, 2.05) is 23.6 Å². The number of anilines is 1. The van der Waals surface area contributed by atoms with Crippen LogP contribution in [0.25, 0.3) is 5.69 Å². The molecular formula is C16H14N4O2S. The maximum absolute atomic E-state index is 11.9. The summed E-state index contributed by atoms with van der Waals surface area (Å²) in [4.78, 5) is 28.3. The highest BCUT2D eigenvalue weighted by molar-refractivity contribution is 7.12. The lowest BCUT2D eigenvalue weighted by Crippen LogP contribution is -2.13. The van der Waals surface area contributed by atoms with Crippen LogP contribution in [0.15, 0.2) is 54.4 Å². The van der Waals surface area contributed by atoms with E-state index in [0.29, 0.717) is 10.6 Å². The van der Waals surface area contributed by atoms with Crippen LogP contribution in [-0.4, -0.2) is 26.5 Å². The summed E-state index contributed by atoms with van der Waals surface area (Å²) in [5, 5.41) is 8.67. The fourth-order valence-corrected chi connectivity index (χ4v) is 2.74. The van der Waals surface area contributed by atoms with Gasteiger partial charge in [0.25, 0.3) is 0 Å². The van der Waals surface area contributed by atoms with E-state index >= 15 is 0 Å². The van der Waals surface area contributed by atoms with Crippen LogP contribution in [0, 0.1) is 0 Å². The Bertz CT molecular complexity index is 780. The molecule has 3 rings (SSSR count). The summed E-state index contributed by atoms with van der Waals surface area (Å²) in [6.07, 6.45) is 3.44. The number of carbonyl (C=O) groups is 2. The van der Waals surface area contributed by atoms with Gasteiger partial charge in [-0.3, -0.25) is 9.59 Å². The molecular weight excluding hydrogens is 312 g/mol. The molecule has 1 amide bonds. The molecule has 0 saturated heterocycles. The standard InChI is InChI=1S/C16H14N4O2S/c21-14(15-2-1-9-23-15)7-8-16(22)19-12-3-5-13(6-4-12)20-11-17-10-18-20/h1-6,9-11H,7-8H2,(H,19,22). The number of aromatic nitrogens is 3. The van der Waals surface area contributed by atoms with Gasteiger partial charge in [-0.2, -0.15) is 5.10 Å². The molecule has 116 valence electrons. The first-order chi connectivity index (χ1) is 11.2. The van der Waals surface area contributed by atoms with Gasteiger partial charge >= 0.3 is 0 Å². The normalized spacial score (nSPS) is 10.4. The van der Waals surface area contributed by atoms with Crippen LogP contribution in [0.4, 0.5) is 5.69 Å². The predicted molar refractivity (Wildman–Crippen MR) is 87.9 cm³/mol. The maximum Gasteiger partial charge on any atom is 0.224 e. The third-order valence-electron chi connectivity index (χ3n) is 3.21. The number of Topliss-reactive ketones (excluding diaryl/α,β-unsaturated/α-hetero) is 1. The molecule has 0 fully saturated rings. The Morgan fingerprint density at radius 2 is 1.96 bits per heavy atom. The van der Waals surface area contributed by atoms with Crippen LogP contribution < -0.4 is 5.32 Å². The highest BCUT2D eigenvalue weighted by Crippen LogP contribution is 2.14. The number of ketones is 1. The number of amides is 1. The molecule has 2 heterocycles. The molecule has 0 bridgehead atoms. The fourth-order valence-electron chi connectivity index (χ4n) is 2.05. The van der Waals surface area contributed by atoms with Crippen LogP contribution >= 0.6 is 11.3 Å². The Kier molecular flexibility index (Phi) is 4.58. The zero-order valence-electron chi connectivity index (χ0n) is 12.2. The van der Waals surface area contributed by atoms with Crippen molar-refractivity contribution in [1.29, 1.82) is 0 Å². The molecule has 0 aliphatic carbocycles. The second-order valence-electron chi connectivity index (χ2n) is 4.84. The van der Waals surface area contributed by atoms with E-state index in [-0.39, 0.29) is 24.5 Å². The van der Waals surface area contributed by atoms with Crippen molar-refractivity contribution in [1.82, 2.24) is 14.8 Å². The Labute approximate surface area is 136 Å². The summed E-state index contributed by atoms with van der Waals surface area (Å²) in [5.74, 6) is -0.180. The second-order valence-corrected chi connectivity index (χ2v) is 5.78. The molecule has 7 heteroatoms. The van der Waals surface area contributed by atoms with Crippen LogP contribution in [0.1, 0.15) is 22.5 Å². The summed E-state index contributed by atoms with van der Waals surface area (Å²) in [6.45, 7) is 0. The monoisotopic (exact) mass is 326 g/mol. The van der Waals surface area contributed by atoms with Gasteiger partial charge in [-0.1, -0.05) is 6.07 Å². The van der Waals surface area contributed by atoms with Crippen molar-refractivity contribution >= 4 is 28.7 Å². The van der Waals surface area contributed by atoms with E-state index in [1.165, 1.54) is 17.7 Å². The molecule has 1 N–H and O–H groups in total. The fraction of sp³-hybridized carbons (Fsp3) is 0.125. The highest BCUT2D eigenvalue weighted by atomic mass is 32.1. The third-order valence-corrected chi connectivity index (χ3v) is 4.12. The first kappa shape index (κ1) is 15.1. The summed E-state index contributed by atoms with van der Waals surface area (Å²) in [5.41, 5.74) is 1.54. The van der Waals surface area contributed by atoms with Gasteiger partial charge in [0.05, 0.1) is 10.6 Å². The predicted octanol–water partition coefficient (Wildman–Crippen LogP) is 2.93. The largest absolute Gasteiger partial charge is 0.326 e. The first-order valence-electron chi connectivity index (χ1n) is 7.04. The van der Waals surface area contributed by atoms with Crippen molar-refractivity contribution < 1.29 is 9.59 Å². The summed E-state index contributed by atoms with van der Waals surface area (Å²) in [7, 11) is 0. The van der Waals surface area contributed by atoms with Gasteiger partial charge in [0, 0.05) is 18.5 Å². The molecule has 0 unspecified atom stereocenters. The van der Waals surface area contributed by atoms with Gasteiger partial charge < -0.3 is 5.32 Å². The number of benzene rings is 1. The van der Waals surface area contributed by atoms with Crippen molar-refractivity contribution in [2.24, 2.45) is 0 Å². The molecule has 0 spiro atoms. The SMILES string of the molecule is O=C(CCC(=O)c1cccs1)Nc1ccc(-n2cncn2)cc1. The minimum absolute atomic E-state index is 0.00307. The average Bonchev–Trinajstić information content (AvgIpc) is 3.26. The van der Waals surface area contributed by atoms with E-state index in [0.717, 1.165) is 5.69 Å². The Balaban J connectivity index is 1.53. The molecule has 0 aliphatic rings. The highest BCUT2D eigenvalue weighted by Gasteiger charge is 2.10. The molecule has 0 radical (unpaired) electrons. The lowest BCUT2D eigenvalue weighted by Gasteiger charge is -2.06. The summed E-state index contributed by atoms with van der Waals surface area (Å²) < 4.78 is 1.63. The molecule has 0 atom stereocenters. The third kappa shape index (κ3) is 3.89. The topological polar surface area (TPSA) is 76.9 Å². The minimum atomic E-state index is -0.177. The van der Waals surface area contributed by atoms with Gasteiger partial charge in [-0.15, -0.1) is 11.3 Å². The second kappa shape index (κ2) is 6.97. The average molecular weight is 326 g/mol. The Morgan fingerprint density at radius 1 is 1.13 bits per heavy atom. The molecule has 0 saturated carbocycles. The van der Waals surface area contributed by atoms with Crippen molar-refractivity contribution in [3.8, 4) is 5.69 Å². The van der Waals surface area contributed by atoms with Crippen LogP contribution in [0.5, 0.6) is 0 Å². The van der Waals surface area contributed by atoms with Crippen molar-refractivity contribution in [3.05, 3.63) is 59.3 Å². The lowest BCUT2D eigenvalue weighted by molar-refractivity contribution is -0.116. The van der Waals surface area contributed by atoms with E-state index in [9.17, 15) is 9.59 Å². The van der Waals surface area contributed by atoms with Gasteiger partial charge in [0.1, 0.15) is 12.7 Å². The zero-order valence-corrected chi connectivity index (χ0v) is 13.0. The van der Waals surface area contributed by atoms with E-state index < -0.39 is 0 Å². The number of thiophene rings is 1. The van der Waals surface area contributed by atoms with Crippen molar-refractivity contribution in [3.63, 3.8) is 0 Å². The molecule has 2 aromatic heterocycles.